The minimum atomic E-state index is -0.0644. The van der Waals surface area contributed by atoms with Crippen LogP contribution in [0, 0.1) is 6.92 Å². The average molecular weight is 339 g/mol. The standard InChI is InChI=1S/C19H21N3O3/c1-13-8-9-16(24-13)17-12-22(10-11-23-17)14(2)18-20-19(25-21-18)15-6-4-3-5-7-15/h3-9,14,17H,10-12H2,1-2H3/t14-,17-/m1/s1. The van der Waals surface area contributed by atoms with Crippen molar-refractivity contribution < 1.29 is 13.7 Å². The summed E-state index contributed by atoms with van der Waals surface area (Å²) in [5, 5.41) is 4.18. The minimum Gasteiger partial charge on any atom is -0.464 e. The van der Waals surface area contributed by atoms with Gasteiger partial charge in [-0.25, -0.2) is 0 Å². The van der Waals surface area contributed by atoms with Crippen LogP contribution in [0.1, 0.15) is 36.4 Å². The Morgan fingerprint density at radius 1 is 1.16 bits per heavy atom. The molecule has 0 radical (unpaired) electrons. The predicted octanol–water partition coefficient (Wildman–Crippen LogP) is 3.77. The molecule has 0 spiro atoms. The van der Waals surface area contributed by atoms with E-state index in [-0.39, 0.29) is 12.1 Å². The van der Waals surface area contributed by atoms with E-state index in [0.29, 0.717) is 18.3 Å². The monoisotopic (exact) mass is 339 g/mol. The van der Waals surface area contributed by atoms with Gasteiger partial charge in [-0.1, -0.05) is 23.4 Å². The molecule has 25 heavy (non-hydrogen) atoms. The lowest BCUT2D eigenvalue weighted by molar-refractivity contribution is -0.0537. The fourth-order valence-corrected chi connectivity index (χ4v) is 3.09. The number of nitrogens with zero attached hydrogens (tertiary/aromatic N) is 3. The first-order valence-electron chi connectivity index (χ1n) is 8.52. The van der Waals surface area contributed by atoms with Gasteiger partial charge in [-0.05, 0) is 38.1 Å². The fourth-order valence-electron chi connectivity index (χ4n) is 3.09. The first-order valence-corrected chi connectivity index (χ1v) is 8.52. The van der Waals surface area contributed by atoms with Crippen LogP contribution < -0.4 is 0 Å². The van der Waals surface area contributed by atoms with Gasteiger partial charge in [-0.2, -0.15) is 4.98 Å². The van der Waals surface area contributed by atoms with Crippen molar-refractivity contribution in [3.05, 3.63) is 59.8 Å². The van der Waals surface area contributed by atoms with E-state index in [0.717, 1.165) is 30.2 Å². The molecule has 2 aromatic heterocycles. The Morgan fingerprint density at radius 3 is 2.76 bits per heavy atom. The number of ether oxygens (including phenoxy) is 1. The van der Waals surface area contributed by atoms with Gasteiger partial charge in [0.2, 0.25) is 0 Å². The van der Waals surface area contributed by atoms with Crippen LogP contribution in [0.3, 0.4) is 0 Å². The third-order valence-corrected chi connectivity index (χ3v) is 4.56. The number of morpholine rings is 1. The summed E-state index contributed by atoms with van der Waals surface area (Å²) in [6.45, 7) is 6.25. The molecule has 6 heteroatoms. The number of aromatic nitrogens is 2. The number of benzene rings is 1. The number of hydrogen-bond donors (Lipinski definition) is 0. The van der Waals surface area contributed by atoms with E-state index in [9.17, 15) is 0 Å². The van der Waals surface area contributed by atoms with Crippen molar-refractivity contribution in [1.82, 2.24) is 15.0 Å². The van der Waals surface area contributed by atoms with Gasteiger partial charge in [-0.15, -0.1) is 0 Å². The quantitative estimate of drug-likeness (QED) is 0.721. The molecule has 3 aromatic rings. The maximum Gasteiger partial charge on any atom is 0.257 e. The lowest BCUT2D eigenvalue weighted by Crippen LogP contribution is -2.40. The van der Waals surface area contributed by atoms with Gasteiger partial charge in [0, 0.05) is 18.7 Å². The molecule has 4 rings (SSSR count). The average Bonchev–Trinajstić information content (AvgIpc) is 3.31. The number of furan rings is 1. The summed E-state index contributed by atoms with van der Waals surface area (Å²) >= 11 is 0. The molecule has 6 nitrogen and oxygen atoms in total. The lowest BCUT2D eigenvalue weighted by atomic mass is 10.1. The molecule has 130 valence electrons. The van der Waals surface area contributed by atoms with Crippen LogP contribution in [0.4, 0.5) is 0 Å². The van der Waals surface area contributed by atoms with Gasteiger partial charge >= 0.3 is 0 Å². The van der Waals surface area contributed by atoms with E-state index in [1.807, 2.05) is 49.4 Å². The molecule has 2 atom stereocenters. The summed E-state index contributed by atoms with van der Waals surface area (Å²) in [4.78, 5) is 6.87. The summed E-state index contributed by atoms with van der Waals surface area (Å²) in [6.07, 6.45) is -0.0644. The third kappa shape index (κ3) is 3.36. The van der Waals surface area contributed by atoms with Crippen LogP contribution in [0.15, 0.2) is 51.4 Å². The maximum absolute atomic E-state index is 5.87. The first kappa shape index (κ1) is 16.1. The van der Waals surface area contributed by atoms with E-state index >= 15 is 0 Å². The van der Waals surface area contributed by atoms with Crippen molar-refractivity contribution >= 4 is 0 Å². The molecule has 1 aromatic carbocycles. The number of hydrogen-bond acceptors (Lipinski definition) is 6. The second-order valence-corrected chi connectivity index (χ2v) is 6.30. The molecule has 1 aliphatic heterocycles. The van der Waals surface area contributed by atoms with E-state index in [2.05, 4.69) is 22.0 Å². The van der Waals surface area contributed by atoms with Crippen LogP contribution >= 0.6 is 0 Å². The summed E-state index contributed by atoms with van der Waals surface area (Å²) in [5.74, 6) is 3.01. The van der Waals surface area contributed by atoms with Crippen molar-refractivity contribution in [2.45, 2.75) is 26.0 Å². The van der Waals surface area contributed by atoms with Crippen LogP contribution in [-0.4, -0.2) is 34.7 Å². The van der Waals surface area contributed by atoms with Crippen LogP contribution in [-0.2, 0) is 4.74 Å². The molecule has 0 saturated carbocycles. The molecule has 0 unspecified atom stereocenters. The Morgan fingerprint density at radius 2 is 2.00 bits per heavy atom. The minimum absolute atomic E-state index is 0.0451. The Balaban J connectivity index is 1.49. The Bertz CT molecular complexity index is 827. The highest BCUT2D eigenvalue weighted by atomic mass is 16.5. The van der Waals surface area contributed by atoms with Crippen molar-refractivity contribution in [3.8, 4) is 11.5 Å². The molecule has 0 aliphatic carbocycles. The molecule has 1 fully saturated rings. The van der Waals surface area contributed by atoms with E-state index in [1.54, 1.807) is 0 Å². The molecular formula is C19H21N3O3. The van der Waals surface area contributed by atoms with Crippen LogP contribution in [0.2, 0.25) is 0 Å². The van der Waals surface area contributed by atoms with E-state index in [4.69, 9.17) is 13.7 Å². The smallest absolute Gasteiger partial charge is 0.257 e. The Hall–Kier alpha value is -2.44. The summed E-state index contributed by atoms with van der Waals surface area (Å²) in [5.41, 5.74) is 0.930. The van der Waals surface area contributed by atoms with Gasteiger partial charge in [0.05, 0.1) is 12.6 Å². The number of rotatable bonds is 4. The van der Waals surface area contributed by atoms with Crippen molar-refractivity contribution in [1.29, 1.82) is 0 Å². The van der Waals surface area contributed by atoms with Crippen molar-refractivity contribution in [2.24, 2.45) is 0 Å². The zero-order chi connectivity index (χ0) is 17.2. The predicted molar refractivity (Wildman–Crippen MR) is 91.9 cm³/mol. The van der Waals surface area contributed by atoms with E-state index in [1.165, 1.54) is 0 Å². The Kier molecular flexibility index (Phi) is 4.38. The highest BCUT2D eigenvalue weighted by Crippen LogP contribution is 2.29. The summed E-state index contributed by atoms with van der Waals surface area (Å²) in [6, 6.07) is 13.8. The highest BCUT2D eigenvalue weighted by molar-refractivity contribution is 5.52. The topological polar surface area (TPSA) is 64.5 Å². The van der Waals surface area contributed by atoms with Crippen LogP contribution in [0.5, 0.6) is 0 Å². The second kappa shape index (κ2) is 6.82. The zero-order valence-electron chi connectivity index (χ0n) is 14.4. The highest BCUT2D eigenvalue weighted by Gasteiger charge is 2.30. The van der Waals surface area contributed by atoms with E-state index < -0.39 is 0 Å². The molecule has 3 heterocycles. The summed E-state index contributed by atoms with van der Waals surface area (Å²) in [7, 11) is 0. The zero-order valence-corrected chi connectivity index (χ0v) is 14.4. The second-order valence-electron chi connectivity index (χ2n) is 6.30. The molecular weight excluding hydrogens is 318 g/mol. The SMILES string of the molecule is Cc1ccc([C@H]2CN([C@H](C)c3noc(-c4ccccc4)n3)CCO2)o1. The van der Waals surface area contributed by atoms with Crippen molar-refractivity contribution in [2.75, 3.05) is 19.7 Å². The first-order chi connectivity index (χ1) is 12.2. The molecule has 1 aliphatic rings. The van der Waals surface area contributed by atoms with Gasteiger partial charge in [-0.3, -0.25) is 4.90 Å². The lowest BCUT2D eigenvalue weighted by Gasteiger charge is -2.34. The van der Waals surface area contributed by atoms with Gasteiger partial charge in [0.25, 0.3) is 5.89 Å². The molecule has 0 bridgehead atoms. The van der Waals surface area contributed by atoms with Crippen molar-refractivity contribution in [3.63, 3.8) is 0 Å². The van der Waals surface area contributed by atoms with Crippen LogP contribution in [0.25, 0.3) is 11.5 Å². The van der Waals surface area contributed by atoms with Gasteiger partial charge < -0.3 is 13.7 Å². The largest absolute Gasteiger partial charge is 0.464 e. The van der Waals surface area contributed by atoms with Gasteiger partial charge in [0.1, 0.15) is 17.6 Å². The fraction of sp³-hybridized carbons (Fsp3) is 0.368. The van der Waals surface area contributed by atoms with Gasteiger partial charge in [0.15, 0.2) is 5.82 Å². The maximum atomic E-state index is 5.87. The third-order valence-electron chi connectivity index (χ3n) is 4.56. The molecule has 0 amide bonds. The molecule has 0 N–H and O–H groups in total. The Labute approximate surface area is 146 Å². The number of aryl methyl sites for hydroxylation is 1. The normalized spacial score (nSPS) is 19.8. The summed E-state index contributed by atoms with van der Waals surface area (Å²) < 4.78 is 17.0. The molecule has 1 saturated heterocycles.